The summed E-state index contributed by atoms with van der Waals surface area (Å²) >= 11 is 0. The van der Waals surface area contributed by atoms with Crippen molar-refractivity contribution in [1.82, 2.24) is 15.4 Å². The van der Waals surface area contributed by atoms with Crippen molar-refractivity contribution in [3.63, 3.8) is 0 Å². The van der Waals surface area contributed by atoms with Crippen molar-refractivity contribution in [3.8, 4) is 5.75 Å². The SMILES string of the molecule is CC(Oc1ccc2ccccc2c1)C(=O)NNC(=O)c1ccc(Cn2ccccc2=O)o1. The Labute approximate surface area is 183 Å². The molecule has 0 bridgehead atoms. The van der Waals surface area contributed by atoms with E-state index < -0.39 is 17.9 Å². The molecular formula is C24H21N3O5. The Morgan fingerprint density at radius 3 is 2.56 bits per heavy atom. The molecule has 0 saturated carbocycles. The first kappa shape index (κ1) is 20.9. The molecule has 1 atom stereocenters. The molecule has 162 valence electrons. The minimum Gasteiger partial charge on any atom is -0.481 e. The van der Waals surface area contributed by atoms with Gasteiger partial charge in [-0.1, -0.05) is 36.4 Å². The first-order valence-corrected chi connectivity index (χ1v) is 9.99. The lowest BCUT2D eigenvalue weighted by Crippen LogP contribution is -2.47. The van der Waals surface area contributed by atoms with Gasteiger partial charge in [0.1, 0.15) is 11.5 Å². The Kier molecular flexibility index (Phi) is 6.03. The number of nitrogens with zero attached hydrogens (tertiary/aromatic N) is 1. The molecule has 0 saturated heterocycles. The topological polar surface area (TPSA) is 103 Å². The predicted molar refractivity (Wildman–Crippen MR) is 118 cm³/mol. The van der Waals surface area contributed by atoms with Gasteiger partial charge in [-0.3, -0.25) is 25.2 Å². The minimum atomic E-state index is -0.839. The van der Waals surface area contributed by atoms with Gasteiger partial charge in [0.25, 0.3) is 11.5 Å². The number of amides is 2. The molecule has 8 heteroatoms. The van der Waals surface area contributed by atoms with E-state index in [-0.39, 0.29) is 17.9 Å². The molecule has 0 aliphatic rings. The van der Waals surface area contributed by atoms with Crippen LogP contribution >= 0.6 is 0 Å². The molecule has 0 spiro atoms. The third kappa shape index (κ3) is 4.86. The number of rotatable bonds is 6. The fraction of sp³-hybridized carbons (Fsp3) is 0.125. The molecule has 32 heavy (non-hydrogen) atoms. The average Bonchev–Trinajstić information content (AvgIpc) is 3.27. The predicted octanol–water partition coefficient (Wildman–Crippen LogP) is 2.87. The van der Waals surface area contributed by atoms with Gasteiger partial charge < -0.3 is 13.7 Å². The number of fused-ring (bicyclic) bond motifs is 1. The Morgan fingerprint density at radius 2 is 1.75 bits per heavy atom. The number of hydrazine groups is 1. The first-order valence-electron chi connectivity index (χ1n) is 9.99. The van der Waals surface area contributed by atoms with Crippen molar-refractivity contribution in [3.05, 3.63) is 101 Å². The first-order chi connectivity index (χ1) is 15.5. The van der Waals surface area contributed by atoms with E-state index in [1.807, 2.05) is 36.4 Å². The van der Waals surface area contributed by atoms with Crippen LogP contribution in [0, 0.1) is 0 Å². The maximum atomic E-state index is 12.3. The number of furan rings is 1. The molecule has 2 aromatic heterocycles. The zero-order valence-corrected chi connectivity index (χ0v) is 17.3. The summed E-state index contributed by atoms with van der Waals surface area (Å²) < 4.78 is 12.6. The van der Waals surface area contributed by atoms with Crippen LogP contribution in [-0.4, -0.2) is 22.5 Å². The van der Waals surface area contributed by atoms with Crippen LogP contribution in [0.1, 0.15) is 23.2 Å². The van der Waals surface area contributed by atoms with Crippen molar-refractivity contribution < 1.29 is 18.7 Å². The van der Waals surface area contributed by atoms with E-state index in [0.717, 1.165) is 10.8 Å². The zero-order valence-electron chi connectivity index (χ0n) is 17.3. The number of benzene rings is 2. The highest BCUT2D eigenvalue weighted by atomic mass is 16.5. The van der Waals surface area contributed by atoms with Crippen LogP contribution in [0.15, 0.2) is 88.2 Å². The van der Waals surface area contributed by atoms with Gasteiger partial charge >= 0.3 is 5.91 Å². The highest BCUT2D eigenvalue weighted by molar-refractivity contribution is 5.93. The van der Waals surface area contributed by atoms with E-state index in [2.05, 4.69) is 10.9 Å². The van der Waals surface area contributed by atoms with Gasteiger partial charge in [-0.15, -0.1) is 0 Å². The molecule has 8 nitrogen and oxygen atoms in total. The Hall–Kier alpha value is -4.33. The van der Waals surface area contributed by atoms with Gasteiger partial charge in [0.2, 0.25) is 0 Å². The highest BCUT2D eigenvalue weighted by Crippen LogP contribution is 2.21. The third-order valence-electron chi connectivity index (χ3n) is 4.81. The molecule has 0 fully saturated rings. The van der Waals surface area contributed by atoms with Crippen molar-refractivity contribution in [2.45, 2.75) is 19.6 Å². The normalized spacial score (nSPS) is 11.7. The summed E-state index contributed by atoms with van der Waals surface area (Å²) in [6, 6.07) is 21.3. The second kappa shape index (κ2) is 9.22. The summed E-state index contributed by atoms with van der Waals surface area (Å²) in [6.07, 6.45) is 0.787. The lowest BCUT2D eigenvalue weighted by Gasteiger charge is -2.15. The lowest BCUT2D eigenvalue weighted by atomic mass is 10.1. The quantitative estimate of drug-likeness (QED) is 0.457. The summed E-state index contributed by atoms with van der Waals surface area (Å²) in [7, 11) is 0. The molecule has 2 aromatic carbocycles. The van der Waals surface area contributed by atoms with Gasteiger partial charge in [-0.25, -0.2) is 0 Å². The number of aromatic nitrogens is 1. The standard InChI is InChI=1S/C24H21N3O5/c1-16(31-19-10-9-17-6-2-3-7-18(17)14-19)23(29)25-26-24(30)21-12-11-20(32-21)15-27-13-5-4-8-22(27)28/h2-14,16H,15H2,1H3,(H,25,29)(H,26,30). The van der Waals surface area contributed by atoms with Gasteiger partial charge in [-0.05, 0) is 48.0 Å². The molecule has 0 aliphatic carbocycles. The smallest absolute Gasteiger partial charge is 0.305 e. The summed E-state index contributed by atoms with van der Waals surface area (Å²) in [5, 5.41) is 2.07. The monoisotopic (exact) mass is 431 g/mol. The molecule has 4 rings (SSSR count). The van der Waals surface area contributed by atoms with Crippen LogP contribution in [-0.2, 0) is 11.3 Å². The van der Waals surface area contributed by atoms with Crippen molar-refractivity contribution in [1.29, 1.82) is 0 Å². The molecule has 2 N–H and O–H groups in total. The lowest BCUT2D eigenvalue weighted by molar-refractivity contribution is -0.128. The molecule has 4 aromatic rings. The molecule has 2 heterocycles. The van der Waals surface area contributed by atoms with Crippen LogP contribution in [0.5, 0.6) is 5.75 Å². The minimum absolute atomic E-state index is 0.00683. The number of nitrogens with one attached hydrogen (secondary N) is 2. The molecular weight excluding hydrogens is 410 g/mol. The molecule has 1 unspecified atom stereocenters. The maximum Gasteiger partial charge on any atom is 0.305 e. The highest BCUT2D eigenvalue weighted by Gasteiger charge is 2.17. The van der Waals surface area contributed by atoms with E-state index in [1.54, 1.807) is 37.4 Å². The van der Waals surface area contributed by atoms with Gasteiger partial charge in [0, 0.05) is 12.3 Å². The van der Waals surface area contributed by atoms with E-state index in [1.165, 1.54) is 16.7 Å². The van der Waals surface area contributed by atoms with Crippen molar-refractivity contribution in [2.24, 2.45) is 0 Å². The van der Waals surface area contributed by atoms with E-state index >= 15 is 0 Å². The number of carbonyl (C=O) groups excluding carboxylic acids is 2. The number of hydrogen-bond acceptors (Lipinski definition) is 5. The fourth-order valence-corrected chi connectivity index (χ4v) is 3.12. The second-order valence-electron chi connectivity index (χ2n) is 7.15. The number of ether oxygens (including phenoxy) is 1. The van der Waals surface area contributed by atoms with Crippen molar-refractivity contribution >= 4 is 22.6 Å². The Balaban J connectivity index is 1.31. The number of hydrogen-bond donors (Lipinski definition) is 2. The molecule has 2 amide bonds. The second-order valence-corrected chi connectivity index (χ2v) is 7.15. The van der Waals surface area contributed by atoms with E-state index in [4.69, 9.17) is 9.15 Å². The Morgan fingerprint density at radius 1 is 0.969 bits per heavy atom. The summed E-state index contributed by atoms with van der Waals surface area (Å²) in [5.41, 5.74) is 4.45. The van der Waals surface area contributed by atoms with Crippen molar-refractivity contribution in [2.75, 3.05) is 0 Å². The summed E-state index contributed by atoms with van der Waals surface area (Å²) in [4.78, 5) is 36.4. The van der Waals surface area contributed by atoms with Crippen LogP contribution in [0.3, 0.4) is 0 Å². The summed E-state index contributed by atoms with van der Waals surface area (Å²) in [5.74, 6) is -0.156. The Bertz CT molecular complexity index is 1320. The van der Waals surface area contributed by atoms with Gasteiger partial charge in [0.05, 0.1) is 6.54 Å². The fourth-order valence-electron chi connectivity index (χ4n) is 3.12. The molecule has 0 aliphatic heterocycles. The van der Waals surface area contributed by atoms with Crippen LogP contribution in [0.4, 0.5) is 0 Å². The number of pyridine rings is 1. The third-order valence-corrected chi connectivity index (χ3v) is 4.81. The summed E-state index contributed by atoms with van der Waals surface area (Å²) in [6.45, 7) is 1.77. The van der Waals surface area contributed by atoms with E-state index in [9.17, 15) is 14.4 Å². The van der Waals surface area contributed by atoms with Crippen LogP contribution in [0.25, 0.3) is 10.8 Å². The molecule has 0 radical (unpaired) electrons. The van der Waals surface area contributed by atoms with Gasteiger partial charge in [0.15, 0.2) is 11.9 Å². The number of carbonyl (C=O) groups is 2. The van der Waals surface area contributed by atoms with Crippen LogP contribution < -0.4 is 21.1 Å². The van der Waals surface area contributed by atoms with Crippen LogP contribution in [0.2, 0.25) is 0 Å². The largest absolute Gasteiger partial charge is 0.481 e. The van der Waals surface area contributed by atoms with E-state index in [0.29, 0.717) is 11.5 Å². The average molecular weight is 431 g/mol. The maximum absolute atomic E-state index is 12.3. The van der Waals surface area contributed by atoms with Gasteiger partial charge in [-0.2, -0.15) is 0 Å². The zero-order chi connectivity index (χ0) is 22.5.